The average Bonchev–Trinajstić information content (AvgIpc) is 2.47. The highest BCUT2D eigenvalue weighted by Crippen LogP contribution is 2.30. The summed E-state index contributed by atoms with van der Waals surface area (Å²) in [4.78, 5) is 11.9. The fourth-order valence-corrected chi connectivity index (χ4v) is 2.58. The van der Waals surface area contributed by atoms with Gasteiger partial charge in [-0.2, -0.15) is 0 Å². The van der Waals surface area contributed by atoms with Crippen molar-refractivity contribution >= 4 is 5.91 Å². The van der Waals surface area contributed by atoms with Gasteiger partial charge in [0.2, 0.25) is 0 Å². The Kier molecular flexibility index (Phi) is 5.59. The third kappa shape index (κ3) is 4.19. The Morgan fingerprint density at radius 2 is 2.33 bits per heavy atom. The number of ether oxygens (including phenoxy) is 2. The van der Waals surface area contributed by atoms with Crippen molar-refractivity contribution in [2.24, 2.45) is 5.73 Å². The molecule has 0 fully saturated rings. The van der Waals surface area contributed by atoms with E-state index in [1.165, 1.54) is 11.1 Å². The van der Waals surface area contributed by atoms with E-state index in [4.69, 9.17) is 15.2 Å². The van der Waals surface area contributed by atoms with Crippen molar-refractivity contribution in [3.63, 3.8) is 0 Å². The summed E-state index contributed by atoms with van der Waals surface area (Å²) < 4.78 is 10.6. The molecule has 5 nitrogen and oxygen atoms in total. The quantitative estimate of drug-likeness (QED) is 0.780. The molecule has 0 aromatic heterocycles. The van der Waals surface area contributed by atoms with Gasteiger partial charge in [-0.15, -0.1) is 0 Å². The molecule has 0 saturated carbocycles. The van der Waals surface area contributed by atoms with Crippen molar-refractivity contribution < 1.29 is 14.3 Å². The summed E-state index contributed by atoms with van der Waals surface area (Å²) in [6, 6.07) is 6.04. The van der Waals surface area contributed by atoms with E-state index in [2.05, 4.69) is 5.32 Å². The molecule has 1 aromatic rings. The molecule has 1 aliphatic rings. The lowest BCUT2D eigenvalue weighted by molar-refractivity contribution is -0.127. The molecule has 116 valence electrons. The molecule has 0 aliphatic heterocycles. The van der Waals surface area contributed by atoms with Crippen LogP contribution in [0.1, 0.15) is 36.9 Å². The monoisotopic (exact) mass is 292 g/mol. The van der Waals surface area contributed by atoms with Crippen LogP contribution in [0.25, 0.3) is 0 Å². The molecular weight excluding hydrogens is 268 g/mol. The van der Waals surface area contributed by atoms with E-state index in [-0.39, 0.29) is 11.9 Å². The second-order valence-electron chi connectivity index (χ2n) is 5.40. The fourth-order valence-electron chi connectivity index (χ4n) is 2.58. The van der Waals surface area contributed by atoms with Crippen LogP contribution >= 0.6 is 0 Å². The third-order valence-electron chi connectivity index (χ3n) is 3.76. The maximum absolute atomic E-state index is 11.9. The molecule has 1 aliphatic carbocycles. The zero-order valence-corrected chi connectivity index (χ0v) is 12.7. The van der Waals surface area contributed by atoms with E-state index in [0.717, 1.165) is 25.0 Å². The first-order valence-corrected chi connectivity index (χ1v) is 7.43. The van der Waals surface area contributed by atoms with Crippen molar-refractivity contribution in [2.45, 2.75) is 38.3 Å². The second-order valence-corrected chi connectivity index (χ2v) is 5.40. The van der Waals surface area contributed by atoms with Crippen LogP contribution in [0.2, 0.25) is 0 Å². The van der Waals surface area contributed by atoms with Crippen molar-refractivity contribution in [1.82, 2.24) is 5.32 Å². The number of hydrogen-bond acceptors (Lipinski definition) is 4. The van der Waals surface area contributed by atoms with E-state index in [9.17, 15) is 4.79 Å². The maximum atomic E-state index is 11.9. The smallest absolute Gasteiger partial charge is 0.260 e. The number of nitrogens with two attached hydrogens (primary N) is 1. The highest BCUT2D eigenvalue weighted by Gasteiger charge is 2.19. The summed E-state index contributed by atoms with van der Waals surface area (Å²) in [5.74, 6) is 0.582. The number of aryl methyl sites for hydroxylation is 1. The maximum Gasteiger partial charge on any atom is 0.260 e. The normalized spacial score (nSPS) is 18.7. The van der Waals surface area contributed by atoms with Crippen LogP contribution in [0, 0.1) is 0 Å². The second kappa shape index (κ2) is 7.43. The Balaban J connectivity index is 1.95. The van der Waals surface area contributed by atoms with Gasteiger partial charge in [-0.25, -0.2) is 0 Å². The standard InChI is InChI=1S/C16H24N2O3/c1-11(16(19)18-8-9-20-2)21-13-6-7-14-12(10-13)4-3-5-15(14)17/h6-7,10-11,15H,3-5,8-9,17H2,1-2H3,(H,18,19). The Morgan fingerprint density at radius 1 is 1.52 bits per heavy atom. The number of benzene rings is 1. The number of amides is 1. The zero-order valence-electron chi connectivity index (χ0n) is 12.7. The largest absolute Gasteiger partial charge is 0.481 e. The molecule has 0 saturated heterocycles. The summed E-state index contributed by atoms with van der Waals surface area (Å²) >= 11 is 0. The van der Waals surface area contributed by atoms with Gasteiger partial charge in [0.1, 0.15) is 5.75 Å². The summed E-state index contributed by atoms with van der Waals surface area (Å²) in [6.07, 6.45) is 2.63. The minimum Gasteiger partial charge on any atom is -0.481 e. The summed E-state index contributed by atoms with van der Waals surface area (Å²) in [5.41, 5.74) is 8.53. The van der Waals surface area contributed by atoms with Gasteiger partial charge < -0.3 is 20.5 Å². The van der Waals surface area contributed by atoms with Gasteiger partial charge in [0, 0.05) is 19.7 Å². The fraction of sp³-hybridized carbons (Fsp3) is 0.562. The lowest BCUT2D eigenvalue weighted by atomic mass is 9.88. The molecule has 1 amide bonds. The number of methoxy groups -OCH3 is 1. The first-order chi connectivity index (χ1) is 10.1. The van der Waals surface area contributed by atoms with Crippen molar-refractivity contribution in [3.8, 4) is 5.75 Å². The van der Waals surface area contributed by atoms with E-state index in [1.807, 2.05) is 18.2 Å². The molecule has 0 bridgehead atoms. The summed E-state index contributed by atoms with van der Waals surface area (Å²) in [5, 5.41) is 2.76. The number of carbonyl (C=O) groups is 1. The predicted octanol–water partition coefficient (Wildman–Crippen LogP) is 1.55. The number of nitrogens with one attached hydrogen (secondary N) is 1. The van der Waals surface area contributed by atoms with E-state index >= 15 is 0 Å². The van der Waals surface area contributed by atoms with Crippen LogP contribution in [-0.2, 0) is 16.0 Å². The van der Waals surface area contributed by atoms with E-state index in [1.54, 1.807) is 14.0 Å². The Morgan fingerprint density at radius 3 is 3.10 bits per heavy atom. The molecule has 0 radical (unpaired) electrons. The number of carbonyl (C=O) groups excluding carboxylic acids is 1. The molecular formula is C16H24N2O3. The number of fused-ring (bicyclic) bond motifs is 1. The highest BCUT2D eigenvalue weighted by molar-refractivity contribution is 5.80. The molecule has 1 aromatic carbocycles. The topological polar surface area (TPSA) is 73.6 Å². The number of rotatable bonds is 6. The van der Waals surface area contributed by atoms with E-state index < -0.39 is 6.10 Å². The van der Waals surface area contributed by atoms with Crippen LogP contribution in [0.3, 0.4) is 0 Å². The van der Waals surface area contributed by atoms with E-state index in [0.29, 0.717) is 13.2 Å². The van der Waals surface area contributed by atoms with Crippen molar-refractivity contribution in [1.29, 1.82) is 0 Å². The van der Waals surface area contributed by atoms with Crippen molar-refractivity contribution in [2.75, 3.05) is 20.3 Å². The van der Waals surface area contributed by atoms with Gasteiger partial charge in [-0.3, -0.25) is 4.79 Å². The zero-order chi connectivity index (χ0) is 15.2. The van der Waals surface area contributed by atoms with Crippen molar-refractivity contribution in [3.05, 3.63) is 29.3 Å². The van der Waals surface area contributed by atoms with Gasteiger partial charge >= 0.3 is 0 Å². The van der Waals surface area contributed by atoms with Gasteiger partial charge in [0.05, 0.1) is 6.61 Å². The first kappa shape index (κ1) is 15.8. The first-order valence-electron chi connectivity index (χ1n) is 7.43. The Labute approximate surface area is 125 Å². The highest BCUT2D eigenvalue weighted by atomic mass is 16.5. The van der Waals surface area contributed by atoms with Gasteiger partial charge in [-0.1, -0.05) is 6.07 Å². The van der Waals surface area contributed by atoms with Crippen LogP contribution in [0.5, 0.6) is 5.75 Å². The van der Waals surface area contributed by atoms with Gasteiger partial charge in [0.15, 0.2) is 6.10 Å². The van der Waals surface area contributed by atoms with Crippen LogP contribution in [-0.4, -0.2) is 32.3 Å². The number of hydrogen-bond donors (Lipinski definition) is 2. The molecule has 2 atom stereocenters. The molecule has 21 heavy (non-hydrogen) atoms. The van der Waals surface area contributed by atoms with Crippen LogP contribution < -0.4 is 15.8 Å². The summed E-state index contributed by atoms with van der Waals surface area (Å²) in [6.45, 7) is 2.73. The molecule has 2 rings (SSSR count). The molecule has 0 heterocycles. The molecule has 5 heteroatoms. The molecule has 2 unspecified atom stereocenters. The molecule has 3 N–H and O–H groups in total. The Hall–Kier alpha value is -1.59. The molecule has 0 spiro atoms. The predicted molar refractivity (Wildman–Crippen MR) is 81.3 cm³/mol. The lowest BCUT2D eigenvalue weighted by Gasteiger charge is -2.23. The van der Waals surface area contributed by atoms with Crippen LogP contribution in [0.4, 0.5) is 0 Å². The minimum atomic E-state index is -0.530. The average molecular weight is 292 g/mol. The van der Waals surface area contributed by atoms with Gasteiger partial charge in [-0.05, 0) is 49.4 Å². The van der Waals surface area contributed by atoms with Gasteiger partial charge in [0.25, 0.3) is 5.91 Å². The minimum absolute atomic E-state index is 0.123. The SMILES string of the molecule is COCCNC(=O)C(C)Oc1ccc2c(c1)CCCC2N. The lowest BCUT2D eigenvalue weighted by Crippen LogP contribution is -2.37. The Bertz CT molecular complexity index is 490. The third-order valence-corrected chi connectivity index (χ3v) is 3.76. The van der Waals surface area contributed by atoms with Crippen LogP contribution in [0.15, 0.2) is 18.2 Å². The summed E-state index contributed by atoms with van der Waals surface area (Å²) in [7, 11) is 1.60.